The Kier molecular flexibility index (Phi) is 10.6. The van der Waals surface area contributed by atoms with E-state index in [2.05, 4.69) is 9.97 Å². The fraction of sp³-hybridized carbons (Fsp3) is 0.235. The number of halogens is 6. The van der Waals surface area contributed by atoms with Crippen LogP contribution in [0.15, 0.2) is 30.7 Å². The van der Waals surface area contributed by atoms with Crippen molar-refractivity contribution in [2.45, 2.75) is 19.3 Å². The van der Waals surface area contributed by atoms with Gasteiger partial charge in [0.05, 0.1) is 24.8 Å². The average Bonchev–Trinajstić information content (AvgIpc) is 3.11. The fourth-order valence-electron chi connectivity index (χ4n) is 1.60. The van der Waals surface area contributed by atoms with Gasteiger partial charge >= 0.3 is 30.3 Å². The predicted octanol–water partition coefficient (Wildman–Crippen LogP) is 2.95. The fourth-order valence-corrected chi connectivity index (χ4v) is 1.60. The molecule has 0 saturated heterocycles. The Morgan fingerprint density at radius 1 is 1.00 bits per heavy atom. The third-order valence-corrected chi connectivity index (χ3v) is 2.93. The predicted molar refractivity (Wildman–Crippen MR) is 96.7 cm³/mol. The lowest BCUT2D eigenvalue weighted by molar-refractivity contribution is -0.193. The highest BCUT2D eigenvalue weighted by Gasteiger charge is 2.38. The quantitative estimate of drug-likeness (QED) is 0.437. The first-order chi connectivity index (χ1) is 15.0. The highest BCUT2D eigenvalue weighted by atomic mass is 19.4. The standard InChI is InChI=1S/C13H13N3O3.2C2HF3O2/c1-9-7-16(8-14-9)11-5-3-10(4-6-12(17)18)15-13(11)19-2;2*3-2(4,5)1(6)7/h3-8H,1-2H3,(H,17,18);2*(H,6,7)/b6-4+;;. The summed E-state index contributed by atoms with van der Waals surface area (Å²) in [5, 5.41) is 22.8. The number of hydrogen-bond acceptors (Lipinski definition) is 6. The van der Waals surface area contributed by atoms with Gasteiger partial charge in [0.15, 0.2) is 0 Å². The van der Waals surface area contributed by atoms with Crippen LogP contribution in [0.4, 0.5) is 26.3 Å². The van der Waals surface area contributed by atoms with Crippen molar-refractivity contribution in [2.75, 3.05) is 7.11 Å². The van der Waals surface area contributed by atoms with E-state index in [1.54, 1.807) is 23.0 Å². The second kappa shape index (κ2) is 12.1. The lowest BCUT2D eigenvalue weighted by Crippen LogP contribution is -2.21. The van der Waals surface area contributed by atoms with Crippen molar-refractivity contribution in [1.82, 2.24) is 14.5 Å². The molecule has 0 aliphatic carbocycles. The summed E-state index contributed by atoms with van der Waals surface area (Å²) in [6, 6.07) is 3.51. The van der Waals surface area contributed by atoms with E-state index in [9.17, 15) is 31.1 Å². The van der Waals surface area contributed by atoms with Crippen LogP contribution in [-0.2, 0) is 14.4 Å². The SMILES string of the molecule is COc1nc(/C=C/C(=O)O)ccc1-n1cnc(C)c1.O=C(O)C(F)(F)F.O=C(O)C(F)(F)F. The normalized spacial score (nSPS) is 11.0. The zero-order valence-corrected chi connectivity index (χ0v) is 16.5. The molecule has 0 saturated carbocycles. The van der Waals surface area contributed by atoms with E-state index in [0.29, 0.717) is 11.6 Å². The molecule has 0 fully saturated rings. The molecule has 0 aliphatic heterocycles. The molecule has 182 valence electrons. The first-order valence-electron chi connectivity index (χ1n) is 8.06. The number of aliphatic carboxylic acids is 3. The van der Waals surface area contributed by atoms with Crippen molar-refractivity contribution in [3.8, 4) is 11.6 Å². The zero-order valence-electron chi connectivity index (χ0n) is 16.5. The van der Waals surface area contributed by atoms with Gasteiger partial charge in [0, 0.05) is 12.3 Å². The monoisotopic (exact) mass is 487 g/mol. The summed E-state index contributed by atoms with van der Waals surface area (Å²) in [6.45, 7) is 1.89. The maximum Gasteiger partial charge on any atom is 0.490 e. The number of aromatic nitrogens is 3. The molecule has 0 bridgehead atoms. The Morgan fingerprint density at radius 3 is 1.82 bits per heavy atom. The van der Waals surface area contributed by atoms with E-state index in [1.807, 2.05) is 13.1 Å². The largest absolute Gasteiger partial charge is 0.490 e. The highest BCUT2D eigenvalue weighted by molar-refractivity contribution is 5.85. The van der Waals surface area contributed by atoms with Gasteiger partial charge in [-0.15, -0.1) is 0 Å². The number of ether oxygens (including phenoxy) is 1. The van der Waals surface area contributed by atoms with Crippen molar-refractivity contribution in [3.63, 3.8) is 0 Å². The summed E-state index contributed by atoms with van der Waals surface area (Å²) in [5.74, 6) is -6.12. The molecule has 3 N–H and O–H groups in total. The van der Waals surface area contributed by atoms with Gasteiger partial charge < -0.3 is 24.6 Å². The van der Waals surface area contributed by atoms with E-state index in [-0.39, 0.29) is 0 Å². The smallest absolute Gasteiger partial charge is 0.479 e. The molecule has 16 heteroatoms. The molecule has 2 heterocycles. The van der Waals surface area contributed by atoms with Crippen LogP contribution in [-0.4, -0.2) is 67.2 Å². The molecule has 0 unspecified atom stereocenters. The number of carbonyl (C=O) groups is 3. The summed E-state index contributed by atoms with van der Waals surface area (Å²) in [4.78, 5) is 36.6. The van der Waals surface area contributed by atoms with Crippen molar-refractivity contribution in [2.24, 2.45) is 0 Å². The van der Waals surface area contributed by atoms with E-state index in [0.717, 1.165) is 17.5 Å². The number of hydrogen-bond donors (Lipinski definition) is 3. The van der Waals surface area contributed by atoms with Gasteiger partial charge in [0.25, 0.3) is 0 Å². The second-order valence-electron chi connectivity index (χ2n) is 5.46. The third kappa shape index (κ3) is 11.2. The second-order valence-corrected chi connectivity index (χ2v) is 5.46. The van der Waals surface area contributed by atoms with Crippen LogP contribution < -0.4 is 4.74 Å². The van der Waals surface area contributed by atoms with Crippen molar-refractivity contribution < 1.29 is 60.8 Å². The number of carboxylic acid groups (broad SMARTS) is 3. The number of nitrogens with zero attached hydrogens (tertiary/aromatic N) is 3. The number of rotatable bonds is 4. The summed E-state index contributed by atoms with van der Waals surface area (Å²) < 4.78 is 70.5. The third-order valence-electron chi connectivity index (χ3n) is 2.93. The molecule has 2 aromatic heterocycles. The van der Waals surface area contributed by atoms with Gasteiger partial charge in [-0.3, -0.25) is 0 Å². The van der Waals surface area contributed by atoms with E-state index >= 15 is 0 Å². The minimum absolute atomic E-state index is 0.407. The summed E-state index contributed by atoms with van der Waals surface area (Å²) in [6.07, 6.45) is -4.20. The van der Waals surface area contributed by atoms with Crippen LogP contribution in [0.25, 0.3) is 11.8 Å². The molecule has 0 amide bonds. The molecule has 10 nitrogen and oxygen atoms in total. The maximum atomic E-state index is 10.6. The summed E-state index contributed by atoms with van der Waals surface area (Å²) in [7, 11) is 1.51. The molecule has 2 aromatic rings. The minimum Gasteiger partial charge on any atom is -0.479 e. The lowest BCUT2D eigenvalue weighted by atomic mass is 10.3. The Labute approximate surface area is 180 Å². The molecule has 2 rings (SSSR count). The summed E-state index contributed by atoms with van der Waals surface area (Å²) in [5.41, 5.74) is 2.15. The lowest BCUT2D eigenvalue weighted by Gasteiger charge is -2.08. The van der Waals surface area contributed by atoms with Crippen LogP contribution in [0.2, 0.25) is 0 Å². The van der Waals surface area contributed by atoms with E-state index < -0.39 is 30.3 Å². The molecular formula is C17H15F6N3O7. The Morgan fingerprint density at radius 2 is 1.48 bits per heavy atom. The van der Waals surface area contributed by atoms with Crippen molar-refractivity contribution in [3.05, 3.63) is 42.1 Å². The van der Waals surface area contributed by atoms with Gasteiger partial charge in [-0.05, 0) is 25.1 Å². The van der Waals surface area contributed by atoms with E-state index in [4.69, 9.17) is 29.6 Å². The van der Waals surface area contributed by atoms with Crippen LogP contribution in [0.3, 0.4) is 0 Å². The molecule has 0 radical (unpaired) electrons. The molecule has 0 spiro atoms. The summed E-state index contributed by atoms with van der Waals surface area (Å²) >= 11 is 0. The molecule has 0 aromatic carbocycles. The first-order valence-corrected chi connectivity index (χ1v) is 8.06. The molecule has 0 atom stereocenters. The van der Waals surface area contributed by atoms with Gasteiger partial charge in [-0.2, -0.15) is 26.3 Å². The van der Waals surface area contributed by atoms with Crippen molar-refractivity contribution in [1.29, 1.82) is 0 Å². The van der Waals surface area contributed by atoms with Gasteiger partial charge in [0.1, 0.15) is 5.69 Å². The van der Waals surface area contributed by atoms with Crippen molar-refractivity contribution >= 4 is 24.0 Å². The number of carboxylic acids is 3. The minimum atomic E-state index is -5.08. The molecule has 0 aliphatic rings. The Hall–Kier alpha value is -4.11. The van der Waals surface area contributed by atoms with Gasteiger partial charge in [-0.1, -0.05) is 0 Å². The molecular weight excluding hydrogens is 472 g/mol. The number of alkyl halides is 6. The van der Waals surface area contributed by atoms with Crippen LogP contribution >= 0.6 is 0 Å². The average molecular weight is 487 g/mol. The first kappa shape index (κ1) is 28.9. The van der Waals surface area contributed by atoms with Gasteiger partial charge in [0.2, 0.25) is 5.88 Å². The van der Waals surface area contributed by atoms with Crippen LogP contribution in [0, 0.1) is 6.92 Å². The maximum absolute atomic E-state index is 10.6. The van der Waals surface area contributed by atoms with Crippen LogP contribution in [0.1, 0.15) is 11.4 Å². The Bertz CT molecular complexity index is 976. The Balaban J connectivity index is 0.000000605. The van der Waals surface area contributed by atoms with Crippen LogP contribution in [0.5, 0.6) is 5.88 Å². The van der Waals surface area contributed by atoms with Gasteiger partial charge in [-0.25, -0.2) is 24.4 Å². The number of methoxy groups -OCH3 is 1. The van der Waals surface area contributed by atoms with E-state index in [1.165, 1.54) is 13.2 Å². The number of aryl methyl sites for hydroxylation is 1. The topological polar surface area (TPSA) is 152 Å². The highest BCUT2D eigenvalue weighted by Crippen LogP contribution is 2.21. The zero-order chi connectivity index (χ0) is 26.0. The number of pyridine rings is 1. The molecule has 33 heavy (non-hydrogen) atoms. The number of imidazole rings is 1.